The molecule has 3 aromatic carbocycles. The lowest BCUT2D eigenvalue weighted by atomic mass is 9.81. The van der Waals surface area contributed by atoms with E-state index in [1.807, 2.05) is 60.7 Å². The Morgan fingerprint density at radius 3 is 2.18 bits per heavy atom. The Morgan fingerprint density at radius 2 is 1.64 bits per heavy atom. The molecule has 0 aliphatic carbocycles. The first-order valence-electron chi connectivity index (χ1n) is 14.1. The Bertz CT molecular complexity index is 1650. The number of esters is 2. The minimum atomic E-state index is -1.82. The molecule has 230 valence electrons. The number of hydrogen-bond acceptors (Lipinski definition) is 10. The second kappa shape index (κ2) is 13.3. The fraction of sp³-hybridized carbons (Fsp3) is 0.242. The highest BCUT2D eigenvalue weighted by Gasteiger charge is 2.68. The normalized spacial score (nSPS) is 19.2. The Balaban J connectivity index is 1.52. The van der Waals surface area contributed by atoms with Gasteiger partial charge in [0, 0.05) is 43.0 Å². The zero-order chi connectivity index (χ0) is 32.1. The summed E-state index contributed by atoms with van der Waals surface area (Å²) in [5, 5.41) is 10.2. The molecule has 2 heterocycles. The SMILES string of the molecule is CCC(=O)C1(N=Cc2ccc([N+](=O)[O-])cc2)C(=O)N2C(C(=O)OC(c3ccccc3)c3ccccc3)=C(COC(C)=O)CS[C@@H]21. The van der Waals surface area contributed by atoms with Crippen LogP contribution in [0.15, 0.2) is 101 Å². The average Bonchev–Trinajstić information content (AvgIpc) is 3.06. The van der Waals surface area contributed by atoms with E-state index in [9.17, 15) is 29.3 Å². The first-order chi connectivity index (χ1) is 21.7. The Morgan fingerprint density at radius 1 is 1.04 bits per heavy atom. The third kappa shape index (κ3) is 6.14. The summed E-state index contributed by atoms with van der Waals surface area (Å²) in [6.07, 6.45) is 0.528. The van der Waals surface area contributed by atoms with Crippen LogP contribution < -0.4 is 0 Å². The van der Waals surface area contributed by atoms with E-state index in [4.69, 9.17) is 9.47 Å². The van der Waals surface area contributed by atoms with Crippen LogP contribution in [0, 0.1) is 10.1 Å². The lowest BCUT2D eigenvalue weighted by Crippen LogP contribution is -2.76. The first-order valence-corrected chi connectivity index (χ1v) is 15.2. The molecule has 0 radical (unpaired) electrons. The molecule has 3 aromatic rings. The molecule has 2 aliphatic rings. The van der Waals surface area contributed by atoms with Crippen LogP contribution in [-0.4, -0.2) is 62.9 Å². The number of amides is 1. The molecule has 0 aromatic heterocycles. The molecule has 0 bridgehead atoms. The van der Waals surface area contributed by atoms with Gasteiger partial charge in [0.15, 0.2) is 11.9 Å². The van der Waals surface area contributed by atoms with E-state index in [-0.39, 0.29) is 30.2 Å². The molecule has 1 unspecified atom stereocenters. The Labute approximate surface area is 263 Å². The highest BCUT2D eigenvalue weighted by molar-refractivity contribution is 8.00. The number of non-ortho nitro benzene ring substituents is 1. The summed E-state index contributed by atoms with van der Waals surface area (Å²) in [5.41, 5.74) is 0.206. The zero-order valence-electron chi connectivity index (χ0n) is 24.5. The van der Waals surface area contributed by atoms with Crippen molar-refractivity contribution in [3.05, 3.63) is 123 Å². The number of carbonyl (C=O) groups excluding carboxylic acids is 4. The van der Waals surface area contributed by atoms with Gasteiger partial charge in [0.1, 0.15) is 17.7 Å². The third-order valence-electron chi connectivity index (χ3n) is 7.47. The smallest absolute Gasteiger partial charge is 0.356 e. The summed E-state index contributed by atoms with van der Waals surface area (Å²) in [7, 11) is 0. The van der Waals surface area contributed by atoms with E-state index in [2.05, 4.69) is 4.99 Å². The minimum absolute atomic E-state index is 0.00211. The molecule has 12 heteroatoms. The number of nitro benzene ring substituents is 1. The van der Waals surface area contributed by atoms with E-state index >= 15 is 0 Å². The number of thioether (sulfide) groups is 1. The standard InChI is InChI=1S/C33H29N3O8S/c1-3-27(38)33(34-18-22-14-16-26(17-15-22)36(41)42)31(40)35-28(25(19-43-21(2)37)20-45-32(33)35)30(39)44-29(23-10-6-4-7-11-23)24-12-8-5-9-13-24/h4-18,29,32H,3,19-20H2,1-2H3/t32-,33?/m1/s1. The second-order valence-electron chi connectivity index (χ2n) is 10.3. The zero-order valence-corrected chi connectivity index (χ0v) is 25.3. The molecule has 0 N–H and O–H groups in total. The van der Waals surface area contributed by atoms with Crippen LogP contribution >= 0.6 is 11.8 Å². The van der Waals surface area contributed by atoms with Crippen molar-refractivity contribution in [2.75, 3.05) is 12.4 Å². The van der Waals surface area contributed by atoms with Crippen molar-refractivity contribution in [2.45, 2.75) is 37.3 Å². The maximum atomic E-state index is 14.1. The summed E-state index contributed by atoms with van der Waals surface area (Å²) < 4.78 is 11.3. The van der Waals surface area contributed by atoms with E-state index in [1.54, 1.807) is 6.92 Å². The van der Waals surface area contributed by atoms with Crippen LogP contribution in [0.5, 0.6) is 0 Å². The quantitative estimate of drug-likeness (QED) is 0.0731. The molecule has 1 fully saturated rings. The monoisotopic (exact) mass is 627 g/mol. The molecular formula is C33H29N3O8S. The van der Waals surface area contributed by atoms with Crippen molar-refractivity contribution >= 4 is 47.3 Å². The van der Waals surface area contributed by atoms with Crippen LogP contribution in [0.25, 0.3) is 0 Å². The lowest BCUT2D eigenvalue weighted by Gasteiger charge is -2.54. The number of ether oxygens (including phenoxy) is 2. The molecule has 1 amide bonds. The van der Waals surface area contributed by atoms with Gasteiger partial charge in [-0.25, -0.2) is 4.79 Å². The van der Waals surface area contributed by atoms with Crippen LogP contribution in [0.1, 0.15) is 43.1 Å². The van der Waals surface area contributed by atoms with Crippen LogP contribution in [-0.2, 0) is 28.7 Å². The Kier molecular flexibility index (Phi) is 9.24. The van der Waals surface area contributed by atoms with Gasteiger partial charge in [0.05, 0.1) is 4.92 Å². The highest BCUT2D eigenvalue weighted by atomic mass is 32.2. The van der Waals surface area contributed by atoms with Crippen molar-refractivity contribution in [2.24, 2.45) is 4.99 Å². The molecular weight excluding hydrogens is 598 g/mol. The number of Topliss-reactive ketones (excluding diaryl/α,β-unsaturated/α-hetero) is 1. The van der Waals surface area contributed by atoms with E-state index in [1.165, 1.54) is 54.1 Å². The number of fused-ring (bicyclic) bond motifs is 1. The average molecular weight is 628 g/mol. The van der Waals surface area contributed by atoms with Gasteiger partial charge in [-0.15, -0.1) is 11.8 Å². The van der Waals surface area contributed by atoms with Gasteiger partial charge in [-0.2, -0.15) is 0 Å². The second-order valence-corrected chi connectivity index (χ2v) is 11.4. The summed E-state index contributed by atoms with van der Waals surface area (Å²) >= 11 is 1.23. The molecule has 45 heavy (non-hydrogen) atoms. The molecule has 0 spiro atoms. The van der Waals surface area contributed by atoms with Crippen molar-refractivity contribution in [1.82, 2.24) is 4.90 Å². The molecule has 5 rings (SSSR count). The third-order valence-corrected chi connectivity index (χ3v) is 8.85. The summed E-state index contributed by atoms with van der Waals surface area (Å²) in [6.45, 7) is 2.62. The van der Waals surface area contributed by atoms with Crippen LogP contribution in [0.4, 0.5) is 5.69 Å². The predicted octanol–water partition coefficient (Wildman–Crippen LogP) is 4.80. The lowest BCUT2D eigenvalue weighted by molar-refractivity contribution is -0.384. The van der Waals surface area contributed by atoms with Crippen molar-refractivity contribution in [1.29, 1.82) is 0 Å². The molecule has 0 saturated carbocycles. The van der Waals surface area contributed by atoms with E-state index in [0.29, 0.717) is 22.3 Å². The fourth-order valence-corrected chi connectivity index (χ4v) is 6.68. The molecule has 2 atom stereocenters. The van der Waals surface area contributed by atoms with Gasteiger partial charge in [-0.3, -0.25) is 34.4 Å². The number of rotatable bonds is 11. The van der Waals surface area contributed by atoms with Crippen molar-refractivity contribution in [3.63, 3.8) is 0 Å². The number of carbonyl (C=O) groups is 4. The number of hydrogen-bond donors (Lipinski definition) is 0. The van der Waals surface area contributed by atoms with Gasteiger partial charge in [0.2, 0.25) is 5.54 Å². The first kappa shape index (κ1) is 31.3. The maximum Gasteiger partial charge on any atom is 0.356 e. The number of nitrogens with zero attached hydrogens (tertiary/aromatic N) is 3. The number of β-lactam (4-membered cyclic amide) rings is 1. The van der Waals surface area contributed by atoms with E-state index < -0.39 is 45.6 Å². The van der Waals surface area contributed by atoms with E-state index in [0.717, 1.165) is 0 Å². The maximum absolute atomic E-state index is 14.1. The minimum Gasteiger partial charge on any atom is -0.461 e. The van der Waals surface area contributed by atoms with Gasteiger partial charge >= 0.3 is 11.9 Å². The van der Waals surface area contributed by atoms with Gasteiger partial charge < -0.3 is 9.47 Å². The fourth-order valence-electron chi connectivity index (χ4n) is 5.21. The number of benzene rings is 3. The van der Waals surface area contributed by atoms with Gasteiger partial charge in [0.25, 0.3) is 11.6 Å². The number of ketones is 1. The van der Waals surface area contributed by atoms with Crippen LogP contribution in [0.3, 0.4) is 0 Å². The topological polar surface area (TPSA) is 145 Å². The number of nitro groups is 1. The summed E-state index contributed by atoms with van der Waals surface area (Å²) in [5.74, 6) is -2.37. The largest absolute Gasteiger partial charge is 0.461 e. The van der Waals surface area contributed by atoms with Crippen molar-refractivity contribution in [3.8, 4) is 0 Å². The highest BCUT2D eigenvalue weighted by Crippen LogP contribution is 2.49. The Hall–Kier alpha value is -5.10. The summed E-state index contributed by atoms with van der Waals surface area (Å²) in [6, 6.07) is 23.8. The van der Waals surface area contributed by atoms with Crippen molar-refractivity contribution < 1.29 is 33.6 Å². The summed E-state index contributed by atoms with van der Waals surface area (Å²) in [4.78, 5) is 69.4. The number of aliphatic imine (C=N–C) groups is 1. The van der Waals surface area contributed by atoms with Crippen LogP contribution in [0.2, 0.25) is 0 Å². The molecule has 1 saturated heterocycles. The van der Waals surface area contributed by atoms with Gasteiger partial charge in [-0.05, 0) is 28.8 Å². The van der Waals surface area contributed by atoms with Gasteiger partial charge in [-0.1, -0.05) is 67.6 Å². The molecule has 2 aliphatic heterocycles. The molecule has 11 nitrogen and oxygen atoms in total. The predicted molar refractivity (Wildman–Crippen MR) is 166 cm³/mol.